The van der Waals surface area contributed by atoms with Crippen molar-refractivity contribution in [2.24, 2.45) is 0 Å². The standard InChI is InChI=1S/C7H6ClIO2S/c8-6-3-5(4-12(10)11)1-2-7(6)9/h1-3H,4H2,(H,10,11)/p-1. The topological polar surface area (TPSA) is 40.1 Å². The summed E-state index contributed by atoms with van der Waals surface area (Å²) in [6.45, 7) is 0. The van der Waals surface area contributed by atoms with E-state index in [1.807, 2.05) is 0 Å². The monoisotopic (exact) mass is 315 g/mol. The average molecular weight is 316 g/mol. The van der Waals surface area contributed by atoms with Gasteiger partial charge in [0.05, 0.1) is 5.02 Å². The van der Waals surface area contributed by atoms with Crippen LogP contribution in [0.25, 0.3) is 0 Å². The molecule has 1 aromatic carbocycles. The fraction of sp³-hybridized carbons (Fsp3) is 0.143. The fourth-order valence-corrected chi connectivity index (χ4v) is 1.76. The Labute approximate surface area is 91.7 Å². The highest BCUT2D eigenvalue weighted by molar-refractivity contribution is 14.1. The summed E-state index contributed by atoms with van der Waals surface area (Å²) < 4.78 is 21.6. The number of hydrogen-bond acceptors (Lipinski definition) is 2. The van der Waals surface area contributed by atoms with Gasteiger partial charge in [-0.25, -0.2) is 0 Å². The number of rotatable bonds is 2. The van der Waals surface area contributed by atoms with Gasteiger partial charge in [0.2, 0.25) is 0 Å². The van der Waals surface area contributed by atoms with E-state index in [4.69, 9.17) is 11.6 Å². The lowest BCUT2D eigenvalue weighted by atomic mass is 10.2. The van der Waals surface area contributed by atoms with Crippen molar-refractivity contribution in [2.75, 3.05) is 0 Å². The molecule has 0 saturated carbocycles. The molecule has 2 nitrogen and oxygen atoms in total. The Kier molecular flexibility index (Phi) is 3.95. The summed E-state index contributed by atoms with van der Waals surface area (Å²) in [4.78, 5) is 0. The first kappa shape index (κ1) is 10.4. The lowest BCUT2D eigenvalue weighted by Crippen LogP contribution is -1.93. The smallest absolute Gasteiger partial charge is 0.0542 e. The van der Waals surface area contributed by atoms with Gasteiger partial charge in [0.1, 0.15) is 0 Å². The first-order valence-electron chi connectivity index (χ1n) is 3.09. The second-order valence-electron chi connectivity index (χ2n) is 2.20. The van der Waals surface area contributed by atoms with E-state index in [-0.39, 0.29) is 5.75 Å². The molecule has 0 aliphatic rings. The van der Waals surface area contributed by atoms with Crippen molar-refractivity contribution in [1.82, 2.24) is 0 Å². The van der Waals surface area contributed by atoms with E-state index in [0.717, 1.165) is 3.57 Å². The molecule has 1 atom stereocenters. The molecule has 1 rings (SSSR count). The molecule has 0 heterocycles. The molecule has 66 valence electrons. The minimum atomic E-state index is -2.04. The van der Waals surface area contributed by atoms with Crippen LogP contribution < -0.4 is 0 Å². The highest BCUT2D eigenvalue weighted by Crippen LogP contribution is 2.19. The van der Waals surface area contributed by atoms with Gasteiger partial charge in [-0.15, -0.1) is 0 Å². The van der Waals surface area contributed by atoms with Crippen molar-refractivity contribution in [3.8, 4) is 0 Å². The molecule has 12 heavy (non-hydrogen) atoms. The van der Waals surface area contributed by atoms with Crippen molar-refractivity contribution >= 4 is 45.3 Å². The molecule has 1 unspecified atom stereocenters. The Balaban J connectivity index is 2.89. The van der Waals surface area contributed by atoms with E-state index in [2.05, 4.69) is 22.6 Å². The Bertz CT molecular complexity index is 316. The fourth-order valence-electron chi connectivity index (χ4n) is 0.766. The van der Waals surface area contributed by atoms with Crippen molar-refractivity contribution in [3.63, 3.8) is 0 Å². The summed E-state index contributed by atoms with van der Waals surface area (Å²) in [6.07, 6.45) is 0. The maximum absolute atomic E-state index is 10.3. The zero-order chi connectivity index (χ0) is 9.14. The van der Waals surface area contributed by atoms with Crippen LogP contribution in [-0.2, 0) is 16.8 Å². The molecule has 0 spiro atoms. The number of halogens is 2. The van der Waals surface area contributed by atoms with Gasteiger partial charge in [0.15, 0.2) is 0 Å². The van der Waals surface area contributed by atoms with Gasteiger partial charge in [-0.2, -0.15) is 0 Å². The van der Waals surface area contributed by atoms with Crippen LogP contribution >= 0.6 is 34.2 Å². The molecule has 0 bridgehead atoms. The van der Waals surface area contributed by atoms with E-state index in [1.165, 1.54) is 0 Å². The Morgan fingerprint density at radius 3 is 2.75 bits per heavy atom. The predicted octanol–water partition coefficient (Wildman–Crippen LogP) is 2.32. The Morgan fingerprint density at radius 2 is 2.25 bits per heavy atom. The van der Waals surface area contributed by atoms with E-state index < -0.39 is 11.1 Å². The number of hydrogen-bond donors (Lipinski definition) is 0. The Morgan fingerprint density at radius 1 is 1.58 bits per heavy atom. The lowest BCUT2D eigenvalue weighted by Gasteiger charge is -2.05. The summed E-state index contributed by atoms with van der Waals surface area (Å²) in [6, 6.07) is 5.22. The van der Waals surface area contributed by atoms with Crippen molar-refractivity contribution in [3.05, 3.63) is 32.4 Å². The third kappa shape index (κ3) is 3.01. The normalized spacial score (nSPS) is 12.9. The third-order valence-corrected chi connectivity index (χ3v) is 3.41. The van der Waals surface area contributed by atoms with Gasteiger partial charge in [0.25, 0.3) is 0 Å². The second-order valence-corrected chi connectivity index (χ2v) is 4.66. The van der Waals surface area contributed by atoms with Crippen LogP contribution in [0.2, 0.25) is 5.02 Å². The van der Waals surface area contributed by atoms with E-state index in [0.29, 0.717) is 10.6 Å². The molecule has 0 aliphatic carbocycles. The van der Waals surface area contributed by atoms with E-state index >= 15 is 0 Å². The van der Waals surface area contributed by atoms with Gasteiger partial charge >= 0.3 is 0 Å². The minimum Gasteiger partial charge on any atom is -0.772 e. The van der Waals surface area contributed by atoms with Gasteiger partial charge < -0.3 is 4.55 Å². The second kappa shape index (κ2) is 4.55. The molecule has 0 amide bonds. The summed E-state index contributed by atoms with van der Waals surface area (Å²) >= 11 is 5.84. The van der Waals surface area contributed by atoms with Gasteiger partial charge in [-0.05, 0) is 40.3 Å². The summed E-state index contributed by atoms with van der Waals surface area (Å²) in [5, 5.41) is 0.596. The SMILES string of the molecule is O=S([O-])Cc1ccc(I)c(Cl)c1. The van der Waals surface area contributed by atoms with Crippen LogP contribution in [0.4, 0.5) is 0 Å². The molecule has 0 aliphatic heterocycles. The van der Waals surface area contributed by atoms with Crippen molar-refractivity contribution in [2.45, 2.75) is 5.75 Å². The van der Waals surface area contributed by atoms with Gasteiger partial charge in [-0.1, -0.05) is 28.7 Å². The summed E-state index contributed by atoms with van der Waals surface area (Å²) in [7, 11) is 0. The largest absolute Gasteiger partial charge is 0.772 e. The maximum atomic E-state index is 10.3. The van der Waals surface area contributed by atoms with Crippen LogP contribution in [0.15, 0.2) is 18.2 Å². The van der Waals surface area contributed by atoms with Crippen LogP contribution in [-0.4, -0.2) is 8.76 Å². The van der Waals surface area contributed by atoms with Crippen LogP contribution in [0.5, 0.6) is 0 Å². The van der Waals surface area contributed by atoms with E-state index in [1.54, 1.807) is 18.2 Å². The molecule has 0 aromatic heterocycles. The molecule has 5 heteroatoms. The molecular formula is C7H5ClIO2S-. The first-order valence-corrected chi connectivity index (χ1v) is 5.79. The van der Waals surface area contributed by atoms with Gasteiger partial charge in [-0.3, -0.25) is 4.21 Å². The molecular weight excluding hydrogens is 310 g/mol. The van der Waals surface area contributed by atoms with Crippen LogP contribution in [0.1, 0.15) is 5.56 Å². The summed E-state index contributed by atoms with van der Waals surface area (Å²) in [5.41, 5.74) is 0.716. The zero-order valence-corrected chi connectivity index (χ0v) is 9.65. The van der Waals surface area contributed by atoms with Crippen LogP contribution in [0.3, 0.4) is 0 Å². The third-order valence-electron chi connectivity index (χ3n) is 1.27. The number of benzene rings is 1. The highest BCUT2D eigenvalue weighted by Gasteiger charge is 1.98. The molecule has 0 N–H and O–H groups in total. The van der Waals surface area contributed by atoms with Crippen molar-refractivity contribution in [1.29, 1.82) is 0 Å². The average Bonchev–Trinajstić information content (AvgIpc) is 1.96. The Hall–Kier alpha value is 0.350. The van der Waals surface area contributed by atoms with E-state index in [9.17, 15) is 8.76 Å². The molecule has 0 fully saturated rings. The highest BCUT2D eigenvalue weighted by atomic mass is 127. The first-order chi connectivity index (χ1) is 5.59. The lowest BCUT2D eigenvalue weighted by molar-refractivity contribution is 0.536. The molecule has 1 aromatic rings. The van der Waals surface area contributed by atoms with Crippen LogP contribution in [0, 0.1) is 3.57 Å². The zero-order valence-electron chi connectivity index (χ0n) is 5.92. The minimum absolute atomic E-state index is 0.0244. The quantitative estimate of drug-likeness (QED) is 0.621. The maximum Gasteiger partial charge on any atom is 0.0542 e. The van der Waals surface area contributed by atoms with Gasteiger partial charge in [0, 0.05) is 9.32 Å². The predicted molar refractivity (Wildman–Crippen MR) is 56.8 cm³/mol. The molecule has 0 radical (unpaired) electrons. The van der Waals surface area contributed by atoms with Crippen molar-refractivity contribution < 1.29 is 8.76 Å². The molecule has 0 saturated heterocycles. The summed E-state index contributed by atoms with van der Waals surface area (Å²) in [5.74, 6) is 0.0244.